The Hall–Kier alpha value is -2.69. The zero-order valence-electron chi connectivity index (χ0n) is 18.5. The summed E-state index contributed by atoms with van der Waals surface area (Å²) < 4.78 is 0. The van der Waals surface area contributed by atoms with Gasteiger partial charge in [-0.2, -0.15) is 0 Å². The maximum Gasteiger partial charge on any atom is 0.220 e. The minimum atomic E-state index is 0.161. The maximum atomic E-state index is 11.9. The summed E-state index contributed by atoms with van der Waals surface area (Å²) >= 11 is 0. The van der Waals surface area contributed by atoms with Crippen LogP contribution in [-0.4, -0.2) is 50.6 Å². The average Bonchev–Trinajstić information content (AvgIpc) is 2.97. The minimum absolute atomic E-state index is 0.161. The maximum absolute atomic E-state index is 11.9. The summed E-state index contributed by atoms with van der Waals surface area (Å²) in [4.78, 5) is 14.4. The van der Waals surface area contributed by atoms with Gasteiger partial charge >= 0.3 is 0 Å². The fraction of sp³-hybridized carbons (Fsp3) is 0.370. The second-order valence-electron chi connectivity index (χ2n) is 8.39. The lowest BCUT2D eigenvalue weighted by Gasteiger charge is -2.30. The lowest BCUT2D eigenvalue weighted by atomic mass is 9.86. The first-order valence-corrected chi connectivity index (χ1v) is 11.5. The molecule has 0 saturated carbocycles. The predicted octanol–water partition coefficient (Wildman–Crippen LogP) is 4.18. The van der Waals surface area contributed by atoms with Gasteiger partial charge in [-0.1, -0.05) is 66.3 Å². The molecule has 4 rings (SSSR count). The van der Waals surface area contributed by atoms with E-state index in [9.17, 15) is 4.79 Å². The molecule has 1 aliphatic heterocycles. The molecule has 0 unspecified atom stereocenters. The van der Waals surface area contributed by atoms with Gasteiger partial charge in [-0.05, 0) is 60.7 Å². The second kappa shape index (κ2) is 10.6. The van der Waals surface area contributed by atoms with Gasteiger partial charge in [0.1, 0.15) is 0 Å². The van der Waals surface area contributed by atoms with E-state index in [0.717, 1.165) is 52.0 Å². The van der Waals surface area contributed by atoms with Gasteiger partial charge in [-0.3, -0.25) is 4.79 Å². The molecule has 0 atom stereocenters. The normalized spacial score (nSPS) is 15.9. The third-order valence-electron chi connectivity index (χ3n) is 6.30. The summed E-state index contributed by atoms with van der Waals surface area (Å²) in [5, 5.41) is 6.15. The van der Waals surface area contributed by atoms with Crippen molar-refractivity contribution in [3.63, 3.8) is 0 Å². The van der Waals surface area contributed by atoms with Crippen LogP contribution < -0.4 is 10.6 Å². The highest BCUT2D eigenvalue weighted by atomic mass is 16.1. The highest BCUT2D eigenvalue weighted by Crippen LogP contribution is 2.38. The minimum Gasteiger partial charge on any atom is -0.355 e. The monoisotopic (exact) mass is 415 g/mol. The molecule has 0 bridgehead atoms. The number of amides is 1. The van der Waals surface area contributed by atoms with Crippen LogP contribution in [0.3, 0.4) is 0 Å². The van der Waals surface area contributed by atoms with E-state index in [1.54, 1.807) is 5.57 Å². The fourth-order valence-electron chi connectivity index (χ4n) is 4.61. The van der Waals surface area contributed by atoms with Crippen molar-refractivity contribution in [1.82, 2.24) is 15.5 Å². The van der Waals surface area contributed by atoms with Crippen molar-refractivity contribution in [2.24, 2.45) is 0 Å². The van der Waals surface area contributed by atoms with Crippen LogP contribution in [0.15, 0.2) is 54.1 Å². The molecule has 1 amide bonds. The molecule has 31 heavy (non-hydrogen) atoms. The van der Waals surface area contributed by atoms with E-state index >= 15 is 0 Å². The quantitative estimate of drug-likeness (QED) is 0.569. The Labute approximate surface area is 186 Å². The van der Waals surface area contributed by atoms with E-state index in [1.165, 1.54) is 27.8 Å². The van der Waals surface area contributed by atoms with Gasteiger partial charge in [-0.15, -0.1) is 0 Å². The number of hydrogen-bond donors (Lipinski definition) is 2. The summed E-state index contributed by atoms with van der Waals surface area (Å²) in [5.41, 5.74) is 8.26. The van der Waals surface area contributed by atoms with E-state index in [1.807, 2.05) is 7.05 Å². The highest BCUT2D eigenvalue weighted by Gasteiger charge is 2.22. The SMILES string of the molecule is CNCCCC(=O)NCCN1CCC(=C2c3ccccc3C=Cc3ccccc32)CC1. The second-order valence-corrected chi connectivity index (χ2v) is 8.39. The molecule has 162 valence electrons. The Bertz CT molecular complexity index is 914. The van der Waals surface area contributed by atoms with Gasteiger partial charge < -0.3 is 15.5 Å². The number of piperidine rings is 1. The lowest BCUT2D eigenvalue weighted by Crippen LogP contribution is -2.38. The van der Waals surface area contributed by atoms with E-state index in [2.05, 4.69) is 76.2 Å². The lowest BCUT2D eigenvalue weighted by molar-refractivity contribution is -0.121. The Kier molecular flexibility index (Phi) is 7.34. The zero-order chi connectivity index (χ0) is 21.5. The van der Waals surface area contributed by atoms with E-state index in [-0.39, 0.29) is 5.91 Å². The number of rotatable bonds is 7. The van der Waals surface area contributed by atoms with Gasteiger partial charge in [0.2, 0.25) is 5.91 Å². The Morgan fingerprint density at radius 3 is 2.13 bits per heavy atom. The number of hydrogen-bond acceptors (Lipinski definition) is 3. The Morgan fingerprint density at radius 1 is 0.903 bits per heavy atom. The van der Waals surface area contributed by atoms with Gasteiger partial charge in [0.15, 0.2) is 0 Å². The molecule has 0 spiro atoms. The van der Waals surface area contributed by atoms with Crippen LogP contribution in [0.25, 0.3) is 17.7 Å². The average molecular weight is 416 g/mol. The number of nitrogens with zero attached hydrogens (tertiary/aromatic N) is 1. The molecule has 2 aromatic carbocycles. The van der Waals surface area contributed by atoms with Crippen LogP contribution in [0.1, 0.15) is 47.9 Å². The number of likely N-dealkylation sites (tertiary alicyclic amines) is 1. The molecule has 1 heterocycles. The van der Waals surface area contributed by atoms with Crippen molar-refractivity contribution in [3.8, 4) is 0 Å². The number of fused-ring (bicyclic) bond motifs is 2. The van der Waals surface area contributed by atoms with Crippen molar-refractivity contribution in [1.29, 1.82) is 0 Å². The van der Waals surface area contributed by atoms with Gasteiger partial charge in [0, 0.05) is 32.6 Å². The summed E-state index contributed by atoms with van der Waals surface area (Å²) in [6, 6.07) is 17.5. The first-order chi connectivity index (χ1) is 15.3. The van der Waals surface area contributed by atoms with E-state index in [0.29, 0.717) is 6.42 Å². The van der Waals surface area contributed by atoms with Crippen molar-refractivity contribution in [2.75, 3.05) is 39.8 Å². The molecule has 4 nitrogen and oxygen atoms in total. The molecule has 0 aromatic heterocycles. The van der Waals surface area contributed by atoms with E-state index < -0.39 is 0 Å². The van der Waals surface area contributed by atoms with Crippen molar-refractivity contribution < 1.29 is 4.79 Å². The van der Waals surface area contributed by atoms with E-state index in [4.69, 9.17) is 0 Å². The molecule has 2 aliphatic rings. The molecule has 1 aliphatic carbocycles. The number of carbonyl (C=O) groups is 1. The third-order valence-corrected chi connectivity index (χ3v) is 6.30. The van der Waals surface area contributed by atoms with Gasteiger partial charge in [0.25, 0.3) is 0 Å². The Balaban J connectivity index is 1.43. The topological polar surface area (TPSA) is 44.4 Å². The molecule has 0 radical (unpaired) electrons. The molecule has 2 N–H and O–H groups in total. The first kappa shape index (κ1) is 21.5. The van der Waals surface area contributed by atoms with Crippen LogP contribution >= 0.6 is 0 Å². The molecular formula is C27H33N3O. The number of nitrogens with one attached hydrogen (secondary N) is 2. The van der Waals surface area contributed by atoms with Crippen LogP contribution in [0.2, 0.25) is 0 Å². The van der Waals surface area contributed by atoms with Crippen LogP contribution in [0, 0.1) is 0 Å². The summed E-state index contributed by atoms with van der Waals surface area (Å²) in [7, 11) is 1.92. The molecule has 2 aromatic rings. The number of benzene rings is 2. The first-order valence-electron chi connectivity index (χ1n) is 11.5. The van der Waals surface area contributed by atoms with Gasteiger partial charge in [0.05, 0.1) is 0 Å². The largest absolute Gasteiger partial charge is 0.355 e. The smallest absolute Gasteiger partial charge is 0.220 e. The molecule has 1 saturated heterocycles. The van der Waals surface area contributed by atoms with Crippen LogP contribution in [0.5, 0.6) is 0 Å². The summed E-state index contributed by atoms with van der Waals surface area (Å²) in [5.74, 6) is 0.161. The molecule has 1 fully saturated rings. The summed E-state index contributed by atoms with van der Waals surface area (Å²) in [6.07, 6.45) is 8.14. The molecule has 4 heteroatoms. The fourth-order valence-corrected chi connectivity index (χ4v) is 4.61. The zero-order valence-corrected chi connectivity index (χ0v) is 18.5. The van der Waals surface area contributed by atoms with Crippen molar-refractivity contribution in [3.05, 3.63) is 76.4 Å². The van der Waals surface area contributed by atoms with Crippen molar-refractivity contribution >= 4 is 23.6 Å². The third kappa shape index (κ3) is 5.33. The van der Waals surface area contributed by atoms with Crippen LogP contribution in [-0.2, 0) is 4.79 Å². The van der Waals surface area contributed by atoms with Crippen LogP contribution in [0.4, 0.5) is 0 Å². The van der Waals surface area contributed by atoms with Gasteiger partial charge in [-0.25, -0.2) is 0 Å². The standard InChI is InChI=1S/C27H33N3O/c1-28-16-6-11-26(31)29-17-20-30-18-14-23(15-19-30)27-24-9-4-2-7-21(24)12-13-22-8-3-5-10-25(22)27/h2-5,7-10,12-13,28H,6,11,14-20H2,1H3,(H,29,31). The van der Waals surface area contributed by atoms with Crippen molar-refractivity contribution in [2.45, 2.75) is 25.7 Å². The summed E-state index contributed by atoms with van der Waals surface area (Å²) in [6.45, 7) is 4.65. The Morgan fingerprint density at radius 2 is 1.52 bits per heavy atom. The number of carbonyl (C=O) groups excluding carboxylic acids is 1. The molecular weight excluding hydrogens is 382 g/mol. The predicted molar refractivity (Wildman–Crippen MR) is 130 cm³/mol. The highest BCUT2D eigenvalue weighted by molar-refractivity contribution is 5.94.